The maximum absolute atomic E-state index is 15.3. The van der Waals surface area contributed by atoms with Crippen molar-refractivity contribution in [1.29, 1.82) is 0 Å². The van der Waals surface area contributed by atoms with Gasteiger partial charge >= 0.3 is 5.69 Å². The molecule has 2 aromatic carbocycles. The number of piperazine rings is 2. The normalized spacial score (nSPS) is 23.9. The SMILES string of the molecule is C=CC(O)N1CCN(c2nc(=O)n3c4c(c(-c5cc(Cl)c(F)cc5F)c(Cl)cc24)SC[C@@H]3CN2CCN(C3CC3)CC2)[C@@H](C)C1. The van der Waals surface area contributed by atoms with Gasteiger partial charge in [0.05, 0.1) is 21.6 Å². The van der Waals surface area contributed by atoms with Crippen LogP contribution < -0.4 is 10.6 Å². The van der Waals surface area contributed by atoms with Crippen molar-refractivity contribution in [2.75, 3.05) is 63.0 Å². The summed E-state index contributed by atoms with van der Waals surface area (Å²) in [6.07, 6.45) is 3.31. The Hall–Kier alpha value is -2.25. The first-order chi connectivity index (χ1) is 21.6. The van der Waals surface area contributed by atoms with E-state index in [1.165, 1.54) is 36.7 Å². The zero-order chi connectivity index (χ0) is 31.6. The molecule has 1 N–H and O–H groups in total. The molecule has 0 spiro atoms. The summed E-state index contributed by atoms with van der Waals surface area (Å²) >= 11 is 14.6. The van der Waals surface area contributed by atoms with Crippen LogP contribution in [-0.4, -0.2) is 106 Å². The van der Waals surface area contributed by atoms with Gasteiger partial charge in [-0.25, -0.2) is 13.6 Å². The number of aromatic nitrogens is 2. The van der Waals surface area contributed by atoms with Crippen molar-refractivity contribution in [2.24, 2.45) is 0 Å². The second kappa shape index (κ2) is 12.4. The Morgan fingerprint density at radius 2 is 1.84 bits per heavy atom. The maximum Gasteiger partial charge on any atom is 0.350 e. The maximum atomic E-state index is 15.3. The number of hydrogen-bond donors (Lipinski definition) is 1. The van der Waals surface area contributed by atoms with Crippen LogP contribution in [0.5, 0.6) is 0 Å². The molecule has 1 saturated carbocycles. The van der Waals surface area contributed by atoms with Gasteiger partial charge < -0.3 is 10.0 Å². The van der Waals surface area contributed by atoms with Crippen molar-refractivity contribution in [3.05, 3.63) is 63.0 Å². The molecule has 1 aromatic heterocycles. The Balaban J connectivity index is 1.34. The molecule has 1 unspecified atom stereocenters. The summed E-state index contributed by atoms with van der Waals surface area (Å²) < 4.78 is 31.3. The Morgan fingerprint density at radius 3 is 2.53 bits per heavy atom. The number of anilines is 1. The third-order valence-electron chi connectivity index (χ3n) is 9.62. The van der Waals surface area contributed by atoms with Gasteiger partial charge in [-0.1, -0.05) is 29.8 Å². The molecule has 4 heterocycles. The minimum atomic E-state index is -0.851. The van der Waals surface area contributed by atoms with Crippen molar-refractivity contribution in [3.8, 4) is 11.1 Å². The lowest BCUT2D eigenvalue weighted by Crippen LogP contribution is -2.55. The molecule has 0 radical (unpaired) electrons. The monoisotopic (exact) mass is 676 g/mol. The van der Waals surface area contributed by atoms with Crippen LogP contribution in [0.1, 0.15) is 25.8 Å². The highest BCUT2D eigenvalue weighted by Crippen LogP contribution is 2.48. The smallest absolute Gasteiger partial charge is 0.350 e. The Labute approximate surface area is 275 Å². The summed E-state index contributed by atoms with van der Waals surface area (Å²) in [5.74, 6) is -0.543. The third kappa shape index (κ3) is 5.79. The molecule has 4 aliphatic rings. The van der Waals surface area contributed by atoms with Crippen LogP contribution in [0.15, 0.2) is 40.5 Å². The first-order valence-corrected chi connectivity index (χ1v) is 17.2. The summed E-state index contributed by atoms with van der Waals surface area (Å²) in [7, 11) is 0. The van der Waals surface area contributed by atoms with E-state index in [0.717, 1.165) is 38.3 Å². The second-order valence-electron chi connectivity index (χ2n) is 12.5. The summed E-state index contributed by atoms with van der Waals surface area (Å²) in [6, 6.07) is 4.28. The number of thioether (sulfide) groups is 1. The molecular formula is C32H36Cl2F2N6O2S. The van der Waals surface area contributed by atoms with E-state index in [1.54, 1.807) is 10.6 Å². The summed E-state index contributed by atoms with van der Waals surface area (Å²) in [5, 5.41) is 11.1. The van der Waals surface area contributed by atoms with Crippen molar-refractivity contribution in [2.45, 2.75) is 49.0 Å². The molecule has 0 bridgehead atoms. The number of aliphatic hydroxyl groups excluding tert-OH is 1. The van der Waals surface area contributed by atoms with E-state index in [-0.39, 0.29) is 33.4 Å². The van der Waals surface area contributed by atoms with Crippen LogP contribution in [0, 0.1) is 11.6 Å². The standard InChI is InChI=1S/C32H36Cl2F2N6O2S/c1-3-27(43)40-10-11-41(18(2)15-40)31-22-13-24(34)28(21-12-23(33)26(36)14-25(21)35)30-29(22)42(32(44)37-31)20(17-45-30)16-38-6-8-39(9-7-38)19-4-5-19/h3,12-14,18-20,27,43H,1,4-11,15-17H2,2H3/t18-,20-,27?/m0/s1. The molecule has 45 heavy (non-hydrogen) atoms. The molecule has 2 saturated heterocycles. The van der Waals surface area contributed by atoms with Crippen LogP contribution >= 0.6 is 35.0 Å². The highest BCUT2D eigenvalue weighted by molar-refractivity contribution is 7.99. The fourth-order valence-electron chi connectivity index (χ4n) is 7.12. The number of rotatable bonds is 7. The van der Waals surface area contributed by atoms with Gasteiger partial charge in [-0.15, -0.1) is 11.8 Å². The first-order valence-electron chi connectivity index (χ1n) is 15.5. The first kappa shape index (κ1) is 31.4. The number of halogens is 4. The Morgan fingerprint density at radius 1 is 1.09 bits per heavy atom. The topological polar surface area (TPSA) is 68.1 Å². The van der Waals surface area contributed by atoms with Crippen molar-refractivity contribution in [1.82, 2.24) is 24.3 Å². The van der Waals surface area contributed by atoms with Crippen LogP contribution in [-0.2, 0) is 0 Å². The predicted octanol–water partition coefficient (Wildman–Crippen LogP) is 5.09. The average Bonchev–Trinajstić information content (AvgIpc) is 3.87. The van der Waals surface area contributed by atoms with E-state index in [1.807, 2.05) is 11.8 Å². The molecule has 8 nitrogen and oxygen atoms in total. The zero-order valence-electron chi connectivity index (χ0n) is 25.1. The van der Waals surface area contributed by atoms with Gasteiger partial charge in [0.25, 0.3) is 0 Å². The van der Waals surface area contributed by atoms with Gasteiger partial charge in [-0.2, -0.15) is 4.98 Å². The highest BCUT2D eigenvalue weighted by atomic mass is 35.5. The average molecular weight is 678 g/mol. The van der Waals surface area contributed by atoms with E-state index in [2.05, 4.69) is 26.3 Å². The second-order valence-corrected chi connectivity index (χ2v) is 14.4. The van der Waals surface area contributed by atoms with Crippen LogP contribution in [0.2, 0.25) is 10.0 Å². The van der Waals surface area contributed by atoms with Crippen molar-refractivity contribution < 1.29 is 13.9 Å². The molecule has 13 heteroatoms. The number of hydrogen-bond acceptors (Lipinski definition) is 8. The molecule has 1 aliphatic carbocycles. The quantitative estimate of drug-likeness (QED) is 0.274. The molecular weight excluding hydrogens is 641 g/mol. The van der Waals surface area contributed by atoms with Gasteiger partial charge in [0, 0.05) is 97.7 Å². The van der Waals surface area contributed by atoms with Gasteiger partial charge in [0.1, 0.15) is 23.7 Å². The van der Waals surface area contributed by atoms with Crippen LogP contribution in [0.25, 0.3) is 22.0 Å². The van der Waals surface area contributed by atoms with Crippen LogP contribution in [0.3, 0.4) is 0 Å². The zero-order valence-corrected chi connectivity index (χ0v) is 27.4. The lowest BCUT2D eigenvalue weighted by molar-refractivity contribution is 0.0296. The molecule has 0 amide bonds. The minimum Gasteiger partial charge on any atom is -0.375 e. The Kier molecular flexibility index (Phi) is 8.65. The number of aliphatic hydroxyl groups is 1. The van der Waals surface area contributed by atoms with Gasteiger partial charge in [-0.3, -0.25) is 19.3 Å². The molecule has 3 aromatic rings. The van der Waals surface area contributed by atoms with E-state index < -0.39 is 17.9 Å². The summed E-state index contributed by atoms with van der Waals surface area (Å²) in [4.78, 5) is 28.4. The fourth-order valence-corrected chi connectivity index (χ4v) is 8.96. The van der Waals surface area contributed by atoms with Crippen molar-refractivity contribution >= 4 is 51.7 Å². The number of nitrogens with zero attached hydrogens (tertiary/aromatic N) is 6. The molecule has 240 valence electrons. The highest BCUT2D eigenvalue weighted by Gasteiger charge is 2.36. The molecule has 3 aliphatic heterocycles. The summed E-state index contributed by atoms with van der Waals surface area (Å²) in [5.41, 5.74) is 0.765. The van der Waals surface area contributed by atoms with Gasteiger partial charge in [0.15, 0.2) is 0 Å². The van der Waals surface area contributed by atoms with E-state index >= 15 is 4.39 Å². The minimum absolute atomic E-state index is 0.0799. The number of benzene rings is 2. The lowest BCUT2D eigenvalue weighted by atomic mass is 10.0. The van der Waals surface area contributed by atoms with E-state index in [9.17, 15) is 14.3 Å². The molecule has 3 atom stereocenters. The fraction of sp³-hybridized carbons (Fsp3) is 0.500. The lowest BCUT2D eigenvalue weighted by Gasteiger charge is -2.42. The Bertz CT molecular complexity index is 1710. The third-order valence-corrected chi connectivity index (χ3v) is 11.4. The van der Waals surface area contributed by atoms with Crippen molar-refractivity contribution in [3.63, 3.8) is 0 Å². The summed E-state index contributed by atoms with van der Waals surface area (Å²) in [6.45, 7) is 12.0. The molecule has 3 fully saturated rings. The largest absolute Gasteiger partial charge is 0.375 e. The predicted molar refractivity (Wildman–Crippen MR) is 177 cm³/mol. The van der Waals surface area contributed by atoms with Crippen LogP contribution in [0.4, 0.5) is 14.6 Å². The van der Waals surface area contributed by atoms with Gasteiger partial charge in [-0.05, 0) is 38.0 Å². The molecule has 7 rings (SSSR count). The van der Waals surface area contributed by atoms with E-state index in [4.69, 9.17) is 23.2 Å². The van der Waals surface area contributed by atoms with E-state index in [0.29, 0.717) is 59.1 Å². The van der Waals surface area contributed by atoms with Gasteiger partial charge in [0.2, 0.25) is 0 Å².